The van der Waals surface area contributed by atoms with E-state index in [1.165, 1.54) is 0 Å². The van der Waals surface area contributed by atoms with E-state index in [1.807, 2.05) is 52.8 Å². The molecule has 1 aromatic carbocycles. The van der Waals surface area contributed by atoms with E-state index in [9.17, 15) is 14.7 Å². The zero-order valence-electron chi connectivity index (χ0n) is 13.4. The number of rotatable bonds is 3. The number of ketones is 1. The first-order valence-electron chi connectivity index (χ1n) is 7.50. The number of carbonyl (C=O) groups is 2. The first kappa shape index (κ1) is 15.7. The minimum Gasteiger partial charge on any atom is -0.481 e. The summed E-state index contributed by atoms with van der Waals surface area (Å²) in [6, 6.07) is 5.83. The Kier molecular flexibility index (Phi) is 3.96. The molecule has 0 unspecified atom stereocenters. The van der Waals surface area contributed by atoms with Crippen LogP contribution in [0.1, 0.15) is 48.7 Å². The van der Waals surface area contributed by atoms with Gasteiger partial charge >= 0.3 is 5.97 Å². The zero-order chi connectivity index (χ0) is 15.9. The topological polar surface area (TPSA) is 54.4 Å². The van der Waals surface area contributed by atoms with E-state index < -0.39 is 11.9 Å². The molecule has 21 heavy (non-hydrogen) atoms. The van der Waals surface area contributed by atoms with Crippen molar-refractivity contribution in [1.29, 1.82) is 0 Å². The summed E-state index contributed by atoms with van der Waals surface area (Å²) in [6.07, 6.45) is 0.440. The molecule has 114 valence electrons. The smallest absolute Gasteiger partial charge is 0.307 e. The third-order valence-corrected chi connectivity index (χ3v) is 5.45. The summed E-state index contributed by atoms with van der Waals surface area (Å²) in [5, 5.41) is 9.42. The molecule has 0 saturated heterocycles. The highest BCUT2D eigenvalue weighted by Gasteiger charge is 2.52. The number of Topliss-reactive ketones (excluding diaryl/α,β-unsaturated/α-hetero) is 1. The zero-order valence-corrected chi connectivity index (χ0v) is 13.4. The van der Waals surface area contributed by atoms with Gasteiger partial charge in [0.25, 0.3) is 0 Å². The number of aryl methyl sites for hydroxylation is 2. The van der Waals surface area contributed by atoms with Crippen LogP contribution in [0.15, 0.2) is 18.2 Å². The molecule has 3 nitrogen and oxygen atoms in total. The van der Waals surface area contributed by atoms with Gasteiger partial charge in [0, 0.05) is 11.5 Å². The molecule has 0 aromatic heterocycles. The lowest BCUT2D eigenvalue weighted by molar-refractivity contribution is -0.145. The summed E-state index contributed by atoms with van der Waals surface area (Å²) in [4.78, 5) is 24.3. The molecule has 0 aliphatic heterocycles. The molecule has 0 spiro atoms. The predicted molar refractivity (Wildman–Crippen MR) is 82.4 cm³/mol. The summed E-state index contributed by atoms with van der Waals surface area (Å²) in [7, 11) is 0. The lowest BCUT2D eigenvalue weighted by atomic mass is 9.74. The Bertz CT molecular complexity index is 586. The molecule has 0 radical (unpaired) electrons. The molecule has 3 atom stereocenters. The second kappa shape index (κ2) is 5.28. The maximum absolute atomic E-state index is 12.9. The highest BCUT2D eigenvalue weighted by atomic mass is 16.4. The SMILES string of the molecule is Cc1ccc(C(=O)[C@@H]2C[C@@H](C(=O)O)C(C)(C)[C@@H]2C)c(C)c1. The summed E-state index contributed by atoms with van der Waals surface area (Å²) < 4.78 is 0. The first-order valence-corrected chi connectivity index (χ1v) is 7.50. The second-order valence-electron chi connectivity index (χ2n) is 7.03. The number of carbonyl (C=O) groups excluding carboxylic acids is 1. The van der Waals surface area contributed by atoms with Gasteiger partial charge in [-0.1, -0.05) is 44.5 Å². The van der Waals surface area contributed by atoms with Gasteiger partial charge in [0.1, 0.15) is 0 Å². The van der Waals surface area contributed by atoms with Crippen molar-refractivity contribution in [2.75, 3.05) is 0 Å². The fraction of sp³-hybridized carbons (Fsp3) is 0.556. The molecule has 1 aliphatic carbocycles. The van der Waals surface area contributed by atoms with Gasteiger partial charge < -0.3 is 5.11 Å². The molecular weight excluding hydrogens is 264 g/mol. The number of aliphatic carboxylic acids is 1. The summed E-state index contributed by atoms with van der Waals surface area (Å²) >= 11 is 0. The van der Waals surface area contributed by atoms with Gasteiger partial charge in [-0.2, -0.15) is 0 Å². The number of carboxylic acid groups (broad SMARTS) is 1. The van der Waals surface area contributed by atoms with Gasteiger partial charge in [0.2, 0.25) is 0 Å². The van der Waals surface area contributed by atoms with Gasteiger partial charge in [-0.05, 0) is 37.2 Å². The van der Waals surface area contributed by atoms with Crippen LogP contribution >= 0.6 is 0 Å². The Hall–Kier alpha value is -1.64. The van der Waals surface area contributed by atoms with Crippen molar-refractivity contribution in [3.8, 4) is 0 Å². The van der Waals surface area contributed by atoms with Gasteiger partial charge in [0.15, 0.2) is 5.78 Å². The number of hydrogen-bond acceptors (Lipinski definition) is 2. The van der Waals surface area contributed by atoms with Crippen LogP contribution in [0.25, 0.3) is 0 Å². The van der Waals surface area contributed by atoms with Crippen molar-refractivity contribution in [1.82, 2.24) is 0 Å². The predicted octanol–water partition coefficient (Wildman–Crippen LogP) is 3.87. The molecule has 0 amide bonds. The van der Waals surface area contributed by atoms with Crippen molar-refractivity contribution >= 4 is 11.8 Å². The fourth-order valence-electron chi connectivity index (χ4n) is 3.64. The first-order chi connectivity index (χ1) is 9.66. The van der Waals surface area contributed by atoms with Crippen molar-refractivity contribution in [3.05, 3.63) is 34.9 Å². The van der Waals surface area contributed by atoms with Crippen LogP contribution in [0.2, 0.25) is 0 Å². The molecule has 1 N–H and O–H groups in total. The number of hydrogen-bond donors (Lipinski definition) is 1. The maximum atomic E-state index is 12.9. The van der Waals surface area contributed by atoms with Crippen LogP contribution in [0, 0.1) is 37.0 Å². The van der Waals surface area contributed by atoms with E-state index in [4.69, 9.17) is 0 Å². The average Bonchev–Trinajstić information content (AvgIpc) is 2.60. The largest absolute Gasteiger partial charge is 0.481 e. The van der Waals surface area contributed by atoms with Crippen LogP contribution in [-0.4, -0.2) is 16.9 Å². The molecule has 1 aromatic rings. The fourth-order valence-corrected chi connectivity index (χ4v) is 3.64. The molecule has 1 fully saturated rings. The van der Waals surface area contributed by atoms with Gasteiger partial charge in [-0.15, -0.1) is 0 Å². The van der Waals surface area contributed by atoms with Crippen LogP contribution < -0.4 is 0 Å². The Labute approximate surface area is 126 Å². The summed E-state index contributed by atoms with van der Waals surface area (Å²) in [6.45, 7) is 9.88. The third-order valence-electron chi connectivity index (χ3n) is 5.45. The number of benzene rings is 1. The normalized spacial score (nSPS) is 27.6. The maximum Gasteiger partial charge on any atom is 0.307 e. The lowest BCUT2D eigenvalue weighted by Crippen LogP contribution is -2.30. The third kappa shape index (κ3) is 2.61. The minimum atomic E-state index is -0.789. The van der Waals surface area contributed by atoms with Gasteiger partial charge in [0.05, 0.1) is 5.92 Å². The van der Waals surface area contributed by atoms with E-state index in [1.54, 1.807) is 0 Å². The Morgan fingerprint density at radius 1 is 1.24 bits per heavy atom. The average molecular weight is 288 g/mol. The van der Waals surface area contributed by atoms with E-state index >= 15 is 0 Å². The van der Waals surface area contributed by atoms with Crippen molar-refractivity contribution < 1.29 is 14.7 Å². The highest BCUT2D eigenvalue weighted by molar-refractivity contribution is 6.00. The molecule has 1 aliphatic rings. The Morgan fingerprint density at radius 3 is 2.33 bits per heavy atom. The van der Waals surface area contributed by atoms with Crippen molar-refractivity contribution in [2.24, 2.45) is 23.2 Å². The monoisotopic (exact) mass is 288 g/mol. The van der Waals surface area contributed by atoms with Gasteiger partial charge in [-0.25, -0.2) is 0 Å². The van der Waals surface area contributed by atoms with Crippen LogP contribution in [0.5, 0.6) is 0 Å². The van der Waals surface area contributed by atoms with E-state index in [2.05, 4.69) is 0 Å². The summed E-state index contributed by atoms with van der Waals surface area (Å²) in [5.41, 5.74) is 2.49. The number of carboxylic acids is 1. The lowest BCUT2D eigenvalue weighted by Gasteiger charge is -2.29. The highest BCUT2D eigenvalue weighted by Crippen LogP contribution is 2.51. The van der Waals surface area contributed by atoms with Crippen LogP contribution in [-0.2, 0) is 4.79 Å². The Balaban J connectivity index is 2.34. The Morgan fingerprint density at radius 2 is 1.86 bits per heavy atom. The molecule has 0 bridgehead atoms. The molecule has 2 rings (SSSR count). The van der Waals surface area contributed by atoms with E-state index in [-0.39, 0.29) is 23.0 Å². The quantitative estimate of drug-likeness (QED) is 0.859. The van der Waals surface area contributed by atoms with E-state index in [0.717, 1.165) is 16.7 Å². The van der Waals surface area contributed by atoms with Gasteiger partial charge in [-0.3, -0.25) is 9.59 Å². The standard InChI is InChI=1S/C18H24O3/c1-10-6-7-13(11(2)8-10)16(19)14-9-15(17(20)21)18(4,5)12(14)3/h6-8,12,14-15H,9H2,1-5H3,(H,20,21)/t12-,14-,15+/m1/s1. The molecule has 3 heteroatoms. The van der Waals surface area contributed by atoms with Crippen molar-refractivity contribution in [3.63, 3.8) is 0 Å². The summed E-state index contributed by atoms with van der Waals surface area (Å²) in [5.74, 6) is -1.29. The van der Waals surface area contributed by atoms with Crippen LogP contribution in [0.3, 0.4) is 0 Å². The molecule has 0 heterocycles. The minimum absolute atomic E-state index is 0.0619. The molecular formula is C18H24O3. The second-order valence-corrected chi connectivity index (χ2v) is 7.03. The van der Waals surface area contributed by atoms with Crippen LogP contribution in [0.4, 0.5) is 0 Å². The van der Waals surface area contributed by atoms with Crippen molar-refractivity contribution in [2.45, 2.75) is 41.0 Å². The molecule has 1 saturated carbocycles. The van der Waals surface area contributed by atoms with E-state index in [0.29, 0.717) is 6.42 Å².